The number of benzene rings is 1. The topological polar surface area (TPSA) is 122 Å². The highest BCUT2D eigenvalue weighted by Gasteiger charge is 2.39. The molecule has 0 bridgehead atoms. The van der Waals surface area contributed by atoms with Crippen molar-refractivity contribution in [1.29, 1.82) is 0 Å². The number of hydrogen-bond donors (Lipinski definition) is 2. The average molecular weight is 411 g/mol. The van der Waals surface area contributed by atoms with Crippen LogP contribution >= 0.6 is 0 Å². The molecule has 154 valence electrons. The summed E-state index contributed by atoms with van der Waals surface area (Å²) in [6.45, 7) is 3.31. The van der Waals surface area contributed by atoms with Crippen LogP contribution in [-0.2, 0) is 30.9 Å². The summed E-state index contributed by atoms with van der Waals surface area (Å²) in [4.78, 5) is 36.2. The van der Waals surface area contributed by atoms with Gasteiger partial charge >= 0.3 is 12.0 Å². The minimum atomic E-state index is -3.53. The molecule has 1 aromatic rings. The van der Waals surface area contributed by atoms with Crippen LogP contribution < -0.4 is 10.6 Å². The van der Waals surface area contributed by atoms with E-state index < -0.39 is 40.1 Å². The van der Waals surface area contributed by atoms with Crippen molar-refractivity contribution in [3.63, 3.8) is 0 Å². The van der Waals surface area contributed by atoms with Crippen LogP contribution in [0, 0.1) is 0 Å². The lowest BCUT2D eigenvalue weighted by Gasteiger charge is -2.23. The zero-order valence-corrected chi connectivity index (χ0v) is 16.7. The Morgan fingerprint density at radius 1 is 1.25 bits per heavy atom. The number of nitrogens with one attached hydrogen (secondary N) is 2. The summed E-state index contributed by atoms with van der Waals surface area (Å²) in [5.74, 6) is -1.70. The number of ether oxygens (including phenoxy) is 1. The second-order valence-electron chi connectivity index (χ2n) is 6.41. The maximum absolute atomic E-state index is 12.3. The van der Waals surface area contributed by atoms with Crippen LogP contribution in [0.1, 0.15) is 32.3 Å². The molecule has 0 unspecified atom stereocenters. The highest BCUT2D eigenvalue weighted by molar-refractivity contribution is 7.89. The lowest BCUT2D eigenvalue weighted by molar-refractivity contribution is -0.157. The van der Waals surface area contributed by atoms with E-state index in [9.17, 15) is 22.8 Å². The van der Waals surface area contributed by atoms with Crippen molar-refractivity contribution in [3.8, 4) is 0 Å². The van der Waals surface area contributed by atoms with Gasteiger partial charge in [-0.1, -0.05) is 30.3 Å². The summed E-state index contributed by atoms with van der Waals surface area (Å²) in [7, 11) is -3.53. The van der Waals surface area contributed by atoms with Crippen molar-refractivity contribution in [2.45, 2.75) is 45.4 Å². The molecule has 2 rings (SSSR count). The predicted octanol–water partition coefficient (Wildman–Crippen LogP) is 0.758. The fraction of sp³-hybridized carbons (Fsp3) is 0.500. The average Bonchev–Trinajstić information content (AvgIpc) is 3.18. The van der Waals surface area contributed by atoms with E-state index in [0.717, 1.165) is 9.87 Å². The number of rotatable bonds is 7. The smallest absolute Gasteiger partial charge is 0.325 e. The zero-order chi connectivity index (χ0) is 20.7. The van der Waals surface area contributed by atoms with E-state index in [1.54, 1.807) is 0 Å². The normalized spacial score (nSPS) is 18.3. The quantitative estimate of drug-likeness (QED) is 0.639. The molecule has 28 heavy (non-hydrogen) atoms. The maximum Gasteiger partial charge on any atom is 0.325 e. The number of carbonyl (C=O) groups excluding carboxylic acids is 3. The van der Waals surface area contributed by atoms with Crippen LogP contribution in [0.25, 0.3) is 0 Å². The van der Waals surface area contributed by atoms with E-state index >= 15 is 0 Å². The number of nitrogens with zero attached hydrogens (tertiary/aromatic N) is 1. The minimum absolute atomic E-state index is 0.117. The van der Waals surface area contributed by atoms with Gasteiger partial charge in [0.1, 0.15) is 6.04 Å². The van der Waals surface area contributed by atoms with E-state index in [1.165, 1.54) is 13.8 Å². The summed E-state index contributed by atoms with van der Waals surface area (Å²) in [5, 5.41) is 4.63. The largest absolute Gasteiger partial charge is 0.451 e. The van der Waals surface area contributed by atoms with Gasteiger partial charge < -0.3 is 10.1 Å². The van der Waals surface area contributed by atoms with Crippen molar-refractivity contribution in [2.75, 3.05) is 12.3 Å². The zero-order valence-electron chi connectivity index (χ0n) is 15.9. The third-order valence-corrected chi connectivity index (χ3v) is 6.27. The minimum Gasteiger partial charge on any atom is -0.451 e. The summed E-state index contributed by atoms with van der Waals surface area (Å²) in [5.41, 5.74) is 0.864. The van der Waals surface area contributed by atoms with E-state index in [0.29, 0.717) is 12.8 Å². The second-order valence-corrected chi connectivity index (χ2v) is 8.62. The summed E-state index contributed by atoms with van der Waals surface area (Å²) in [6.07, 6.45) is -0.354. The van der Waals surface area contributed by atoms with Gasteiger partial charge in [-0.25, -0.2) is 13.2 Å². The van der Waals surface area contributed by atoms with Gasteiger partial charge in [0.25, 0.3) is 5.91 Å². The third-order valence-electron chi connectivity index (χ3n) is 4.39. The van der Waals surface area contributed by atoms with E-state index in [2.05, 4.69) is 10.6 Å². The van der Waals surface area contributed by atoms with E-state index in [1.807, 2.05) is 30.3 Å². The van der Waals surface area contributed by atoms with Gasteiger partial charge in [-0.15, -0.1) is 0 Å². The van der Waals surface area contributed by atoms with Crippen LogP contribution in [-0.4, -0.2) is 55.1 Å². The van der Waals surface area contributed by atoms with E-state index in [-0.39, 0.29) is 18.8 Å². The molecule has 1 saturated heterocycles. The number of esters is 1. The second kappa shape index (κ2) is 9.65. The number of carbonyl (C=O) groups is 3. The number of urea groups is 1. The molecule has 2 atom stereocenters. The van der Waals surface area contributed by atoms with Crippen LogP contribution in [0.5, 0.6) is 0 Å². The number of imide groups is 1. The summed E-state index contributed by atoms with van der Waals surface area (Å²) >= 11 is 0. The molecular weight excluding hydrogens is 386 g/mol. The van der Waals surface area contributed by atoms with Gasteiger partial charge in [0.2, 0.25) is 10.0 Å². The molecule has 0 aromatic heterocycles. The molecule has 10 heteroatoms. The Hall–Kier alpha value is -2.46. The van der Waals surface area contributed by atoms with Gasteiger partial charge in [-0.05, 0) is 32.3 Å². The Morgan fingerprint density at radius 2 is 1.93 bits per heavy atom. The molecule has 1 fully saturated rings. The molecule has 1 aromatic carbocycles. The molecule has 0 aliphatic carbocycles. The first-order valence-corrected chi connectivity index (χ1v) is 10.7. The van der Waals surface area contributed by atoms with Crippen LogP contribution in [0.15, 0.2) is 30.3 Å². The summed E-state index contributed by atoms with van der Waals surface area (Å²) < 4.78 is 30.3. The van der Waals surface area contributed by atoms with Crippen molar-refractivity contribution < 1.29 is 27.5 Å². The third kappa shape index (κ3) is 5.77. The van der Waals surface area contributed by atoms with Crippen molar-refractivity contribution in [1.82, 2.24) is 14.9 Å². The molecule has 3 amide bonds. The van der Waals surface area contributed by atoms with Crippen LogP contribution in [0.3, 0.4) is 0 Å². The fourth-order valence-corrected chi connectivity index (χ4v) is 4.13. The lowest BCUT2D eigenvalue weighted by Crippen LogP contribution is -2.47. The van der Waals surface area contributed by atoms with Gasteiger partial charge in [0.05, 0.1) is 5.75 Å². The Labute approximate surface area is 164 Å². The van der Waals surface area contributed by atoms with Crippen molar-refractivity contribution in [2.24, 2.45) is 0 Å². The Morgan fingerprint density at radius 3 is 2.57 bits per heavy atom. The first-order chi connectivity index (χ1) is 13.2. The molecule has 1 aliphatic rings. The molecule has 1 heterocycles. The van der Waals surface area contributed by atoms with Crippen LogP contribution in [0.2, 0.25) is 0 Å². The Balaban J connectivity index is 1.84. The van der Waals surface area contributed by atoms with Gasteiger partial charge in [-0.2, -0.15) is 4.31 Å². The Kier molecular flexibility index (Phi) is 7.53. The summed E-state index contributed by atoms with van der Waals surface area (Å²) in [6, 6.07) is 7.49. The first-order valence-electron chi connectivity index (χ1n) is 9.07. The highest BCUT2D eigenvalue weighted by atomic mass is 32.2. The fourth-order valence-electron chi connectivity index (χ4n) is 2.82. The number of sulfonamides is 1. The first kappa shape index (κ1) is 21.8. The van der Waals surface area contributed by atoms with E-state index in [4.69, 9.17) is 4.74 Å². The molecule has 0 spiro atoms. The molecule has 1 aliphatic heterocycles. The van der Waals surface area contributed by atoms with Crippen LogP contribution in [0.4, 0.5) is 4.79 Å². The lowest BCUT2D eigenvalue weighted by atomic mass is 10.2. The SMILES string of the molecule is CCS(=O)(=O)N1CCC[C@@H]1C(=O)O[C@H](C)C(=O)NC(=O)NCc1ccccc1. The molecule has 0 radical (unpaired) electrons. The predicted molar refractivity (Wildman–Crippen MR) is 102 cm³/mol. The van der Waals surface area contributed by atoms with Crippen molar-refractivity contribution in [3.05, 3.63) is 35.9 Å². The molecular formula is C18H25N3O6S. The molecule has 0 saturated carbocycles. The highest BCUT2D eigenvalue weighted by Crippen LogP contribution is 2.22. The maximum atomic E-state index is 12.3. The molecule has 2 N–H and O–H groups in total. The number of hydrogen-bond acceptors (Lipinski definition) is 6. The van der Waals surface area contributed by atoms with Gasteiger partial charge in [0, 0.05) is 13.1 Å². The number of amides is 3. The van der Waals surface area contributed by atoms with Gasteiger partial charge in [0.15, 0.2) is 6.10 Å². The van der Waals surface area contributed by atoms with Gasteiger partial charge in [-0.3, -0.25) is 14.9 Å². The standard InChI is InChI=1S/C18H25N3O6S/c1-3-28(25,26)21-11-7-10-15(21)17(23)27-13(2)16(22)20-18(24)19-12-14-8-5-4-6-9-14/h4-6,8-9,13,15H,3,7,10-12H2,1-2H3,(H2,19,20,22,24)/t13-,15-/m1/s1. The van der Waals surface area contributed by atoms with Crippen molar-refractivity contribution >= 4 is 27.9 Å². The molecule has 9 nitrogen and oxygen atoms in total. The monoisotopic (exact) mass is 411 g/mol. The Bertz CT molecular complexity index is 812.